The number of amides is 1. The van der Waals surface area contributed by atoms with E-state index in [9.17, 15) is 19.8 Å². The van der Waals surface area contributed by atoms with Gasteiger partial charge in [0.25, 0.3) is 0 Å². The van der Waals surface area contributed by atoms with Crippen LogP contribution < -0.4 is 5.32 Å². The number of nitrogens with one attached hydrogen (secondary N) is 1. The molecule has 0 aliphatic carbocycles. The molecule has 2 unspecified atom stereocenters. The standard InChI is InChI=1S/C73H143NO5/c1-3-5-7-9-11-13-15-17-19-21-22-23-24-25-26-28-31-34-37-41-45-49-53-57-61-65-71(76)70(69-75)74-72(77)66-62-58-54-50-46-42-38-35-32-29-27-30-33-36-40-44-48-52-56-60-64-68-79-73(78)67-63-59-55-51-47-43-39-20-18-16-14-12-10-8-6-4-2/h29,32,70-71,75-76H,3-28,30-31,33-69H2,1-2H3,(H,74,77)/b32-29-. The fraction of sp³-hybridized carbons (Fsp3) is 0.945. The van der Waals surface area contributed by atoms with Gasteiger partial charge in [-0.3, -0.25) is 9.59 Å². The Morgan fingerprint density at radius 2 is 0.595 bits per heavy atom. The van der Waals surface area contributed by atoms with Gasteiger partial charge in [-0.05, 0) is 51.4 Å². The molecule has 0 fully saturated rings. The summed E-state index contributed by atoms with van der Waals surface area (Å²) in [4.78, 5) is 24.7. The highest BCUT2D eigenvalue weighted by atomic mass is 16.5. The molecule has 6 nitrogen and oxygen atoms in total. The van der Waals surface area contributed by atoms with Crippen LogP contribution in [0.15, 0.2) is 12.2 Å². The van der Waals surface area contributed by atoms with Gasteiger partial charge >= 0.3 is 5.97 Å². The van der Waals surface area contributed by atoms with Crippen molar-refractivity contribution in [2.45, 2.75) is 431 Å². The minimum Gasteiger partial charge on any atom is -0.466 e. The van der Waals surface area contributed by atoms with Crippen molar-refractivity contribution >= 4 is 11.9 Å². The Balaban J connectivity index is 3.40. The third-order valence-electron chi connectivity index (χ3n) is 17.3. The molecule has 0 bridgehead atoms. The van der Waals surface area contributed by atoms with Crippen LogP contribution in [0.25, 0.3) is 0 Å². The molecule has 0 radical (unpaired) electrons. The largest absolute Gasteiger partial charge is 0.466 e. The van der Waals surface area contributed by atoms with E-state index in [2.05, 4.69) is 31.3 Å². The molecule has 0 heterocycles. The number of unbranched alkanes of at least 4 members (excludes halogenated alkanes) is 56. The van der Waals surface area contributed by atoms with Crippen molar-refractivity contribution < 1.29 is 24.5 Å². The van der Waals surface area contributed by atoms with Gasteiger partial charge < -0.3 is 20.3 Å². The van der Waals surface area contributed by atoms with E-state index in [0.717, 1.165) is 38.5 Å². The highest BCUT2D eigenvalue weighted by Crippen LogP contribution is 2.19. The Kier molecular flexibility index (Phi) is 67.9. The maximum atomic E-state index is 12.6. The smallest absolute Gasteiger partial charge is 0.305 e. The Labute approximate surface area is 495 Å². The summed E-state index contributed by atoms with van der Waals surface area (Å²) < 4.78 is 5.50. The first kappa shape index (κ1) is 77.6. The topological polar surface area (TPSA) is 95.9 Å². The normalized spacial score (nSPS) is 12.5. The van der Waals surface area contributed by atoms with Gasteiger partial charge in [0.05, 0.1) is 25.4 Å². The van der Waals surface area contributed by atoms with Crippen LogP contribution in [0, 0.1) is 0 Å². The maximum Gasteiger partial charge on any atom is 0.305 e. The van der Waals surface area contributed by atoms with Gasteiger partial charge in [0.2, 0.25) is 5.91 Å². The zero-order chi connectivity index (χ0) is 57.1. The molecule has 6 heteroatoms. The molecule has 0 aliphatic rings. The molecule has 0 aromatic carbocycles. The number of carbonyl (C=O) groups excluding carboxylic acids is 2. The summed E-state index contributed by atoms with van der Waals surface area (Å²) in [6, 6.07) is -0.548. The first-order chi connectivity index (χ1) is 39.0. The Bertz CT molecular complexity index is 1190. The van der Waals surface area contributed by atoms with Crippen molar-refractivity contribution in [2.24, 2.45) is 0 Å². The van der Waals surface area contributed by atoms with Gasteiger partial charge in [-0.2, -0.15) is 0 Å². The van der Waals surface area contributed by atoms with Crippen molar-refractivity contribution in [3.63, 3.8) is 0 Å². The molecule has 0 saturated heterocycles. The lowest BCUT2D eigenvalue weighted by atomic mass is 10.0. The van der Waals surface area contributed by atoms with Crippen LogP contribution in [0.2, 0.25) is 0 Å². The van der Waals surface area contributed by atoms with Crippen LogP contribution in [0.5, 0.6) is 0 Å². The number of hydrogen-bond acceptors (Lipinski definition) is 5. The fourth-order valence-electron chi connectivity index (χ4n) is 11.8. The van der Waals surface area contributed by atoms with E-state index < -0.39 is 12.1 Å². The number of allylic oxidation sites excluding steroid dienone is 2. The first-order valence-corrected chi connectivity index (χ1v) is 36.4. The number of ether oxygens (including phenoxy) is 1. The Hall–Kier alpha value is -1.40. The first-order valence-electron chi connectivity index (χ1n) is 36.4. The molecule has 0 aromatic rings. The second-order valence-corrected chi connectivity index (χ2v) is 25.3. The third kappa shape index (κ3) is 65.6. The molecule has 0 aromatic heterocycles. The lowest BCUT2D eigenvalue weighted by molar-refractivity contribution is -0.143. The monoisotopic (exact) mass is 1110 g/mol. The highest BCUT2D eigenvalue weighted by molar-refractivity contribution is 5.76. The van der Waals surface area contributed by atoms with Crippen molar-refractivity contribution in [3.8, 4) is 0 Å². The zero-order valence-electron chi connectivity index (χ0n) is 53.9. The average Bonchev–Trinajstić information content (AvgIpc) is 3.45. The van der Waals surface area contributed by atoms with Gasteiger partial charge in [-0.1, -0.05) is 366 Å². The third-order valence-corrected chi connectivity index (χ3v) is 17.3. The molecule has 0 saturated carbocycles. The summed E-state index contributed by atoms with van der Waals surface area (Å²) in [5, 5.41) is 23.4. The molecule has 0 rings (SSSR count). The van der Waals surface area contributed by atoms with Gasteiger partial charge in [-0.25, -0.2) is 0 Å². The number of aliphatic hydroxyl groups is 2. The van der Waals surface area contributed by atoms with E-state index in [1.807, 2.05) is 0 Å². The van der Waals surface area contributed by atoms with Crippen LogP contribution in [-0.4, -0.2) is 47.4 Å². The van der Waals surface area contributed by atoms with Crippen molar-refractivity contribution in [3.05, 3.63) is 12.2 Å². The minimum absolute atomic E-state index is 0.0131. The fourth-order valence-corrected chi connectivity index (χ4v) is 11.8. The SMILES string of the molecule is CCCCCCCCCCCCCCCCCCCCCCCCCCCC(O)C(CO)NC(=O)CCCCCCCCC/C=C\CCCCCCCCCCCCOC(=O)CCCCCCCCCCCCCCCCCC. The Morgan fingerprint density at radius 1 is 0.342 bits per heavy atom. The second-order valence-electron chi connectivity index (χ2n) is 25.3. The van der Waals surface area contributed by atoms with E-state index in [-0.39, 0.29) is 18.5 Å². The molecule has 79 heavy (non-hydrogen) atoms. The summed E-state index contributed by atoms with van der Waals surface area (Å²) in [5.41, 5.74) is 0. The lowest BCUT2D eigenvalue weighted by Gasteiger charge is -2.22. The summed E-state index contributed by atoms with van der Waals surface area (Å²) >= 11 is 0. The summed E-state index contributed by atoms with van der Waals surface area (Å²) in [7, 11) is 0. The molecular formula is C73H143NO5. The number of hydrogen-bond donors (Lipinski definition) is 3. The van der Waals surface area contributed by atoms with Gasteiger partial charge in [0.1, 0.15) is 0 Å². The van der Waals surface area contributed by atoms with Gasteiger partial charge in [-0.15, -0.1) is 0 Å². The molecular weight excluding hydrogens is 971 g/mol. The number of carbonyl (C=O) groups is 2. The van der Waals surface area contributed by atoms with Crippen molar-refractivity contribution in [1.29, 1.82) is 0 Å². The Morgan fingerprint density at radius 3 is 0.899 bits per heavy atom. The van der Waals surface area contributed by atoms with E-state index in [1.165, 1.54) is 347 Å². The van der Waals surface area contributed by atoms with Crippen molar-refractivity contribution in [2.75, 3.05) is 13.2 Å². The van der Waals surface area contributed by atoms with Crippen molar-refractivity contribution in [1.82, 2.24) is 5.32 Å². The summed E-state index contributed by atoms with van der Waals surface area (Å²) in [5.74, 6) is -0.0240. The molecule has 0 aliphatic heterocycles. The summed E-state index contributed by atoms with van der Waals surface area (Å²) in [6.07, 6.45) is 85.5. The molecule has 3 N–H and O–H groups in total. The van der Waals surface area contributed by atoms with E-state index in [0.29, 0.717) is 25.9 Å². The molecule has 470 valence electrons. The van der Waals surface area contributed by atoms with E-state index >= 15 is 0 Å². The van der Waals surface area contributed by atoms with Crippen LogP contribution >= 0.6 is 0 Å². The summed E-state index contributed by atoms with van der Waals surface area (Å²) in [6.45, 7) is 5.00. The number of rotatable bonds is 69. The zero-order valence-corrected chi connectivity index (χ0v) is 53.9. The van der Waals surface area contributed by atoms with Crippen LogP contribution in [0.4, 0.5) is 0 Å². The van der Waals surface area contributed by atoms with Gasteiger partial charge in [0, 0.05) is 12.8 Å². The second kappa shape index (κ2) is 69.1. The van der Waals surface area contributed by atoms with Crippen LogP contribution in [0.1, 0.15) is 418 Å². The van der Waals surface area contributed by atoms with E-state index in [1.54, 1.807) is 0 Å². The van der Waals surface area contributed by atoms with E-state index in [4.69, 9.17) is 4.74 Å². The molecule has 0 spiro atoms. The predicted octanol–water partition coefficient (Wildman–Crippen LogP) is 23.5. The number of esters is 1. The quantitative estimate of drug-likeness (QED) is 0.0320. The predicted molar refractivity (Wildman–Crippen MR) is 347 cm³/mol. The molecule has 2 atom stereocenters. The lowest BCUT2D eigenvalue weighted by Crippen LogP contribution is -2.45. The van der Waals surface area contributed by atoms with Crippen LogP contribution in [-0.2, 0) is 14.3 Å². The molecule has 1 amide bonds. The minimum atomic E-state index is -0.670. The highest BCUT2D eigenvalue weighted by Gasteiger charge is 2.20. The number of aliphatic hydroxyl groups excluding tert-OH is 2. The van der Waals surface area contributed by atoms with Gasteiger partial charge in [0.15, 0.2) is 0 Å². The van der Waals surface area contributed by atoms with Crippen LogP contribution in [0.3, 0.4) is 0 Å². The average molecular weight is 1110 g/mol. The maximum absolute atomic E-state index is 12.6.